The van der Waals surface area contributed by atoms with Gasteiger partial charge >= 0.3 is 0 Å². The molecule has 0 radical (unpaired) electrons. The quantitative estimate of drug-likeness (QED) is 0.138. The predicted molar refractivity (Wildman–Crippen MR) is 392 cm³/mol. The number of thiophene rings is 1. The highest BCUT2D eigenvalue weighted by Gasteiger charge is 2.30. The molecule has 2 heteroatoms. The molecule has 9 aromatic carbocycles. The number of aryl methyl sites for hydroxylation is 2. The Labute approximate surface area is 536 Å². The maximum absolute atomic E-state index is 12.6. The van der Waals surface area contributed by atoms with Crippen LogP contribution in [0, 0.1) is 0 Å². The van der Waals surface area contributed by atoms with Crippen molar-refractivity contribution < 1.29 is 4.79 Å². The number of carbonyl (C=O) groups excluding carboxylic acids is 1. The minimum atomic E-state index is 0. The predicted octanol–water partition coefficient (Wildman–Crippen LogP) is 25.4. The van der Waals surface area contributed by atoms with E-state index in [2.05, 4.69) is 312 Å². The molecule has 12 rings (SSSR count). The second-order valence-electron chi connectivity index (χ2n) is 33.6. The van der Waals surface area contributed by atoms with E-state index in [1.807, 2.05) is 23.5 Å². The molecule has 462 valence electrons. The lowest BCUT2D eigenvalue weighted by Crippen LogP contribution is -2.15. The summed E-state index contributed by atoms with van der Waals surface area (Å²) < 4.78 is 2.81. The van der Waals surface area contributed by atoms with Crippen molar-refractivity contribution in [1.29, 1.82) is 0 Å². The summed E-state index contributed by atoms with van der Waals surface area (Å²) in [4.78, 5) is 12.6. The van der Waals surface area contributed by atoms with Gasteiger partial charge in [-0.15, -0.1) is 11.3 Å². The molecule has 1 heterocycles. The van der Waals surface area contributed by atoms with E-state index in [0.717, 1.165) is 22.3 Å². The first-order valence-electron chi connectivity index (χ1n) is 32.1. The number of hydrogen-bond acceptors (Lipinski definition) is 2. The van der Waals surface area contributed by atoms with Crippen LogP contribution >= 0.6 is 11.3 Å². The van der Waals surface area contributed by atoms with Crippen molar-refractivity contribution in [2.24, 2.45) is 0 Å². The number of carbonyl (C=O) groups is 1. The summed E-state index contributed by atoms with van der Waals surface area (Å²) >= 11 is 1.92. The third-order valence-corrected chi connectivity index (χ3v) is 19.3. The maximum atomic E-state index is 12.6. The third kappa shape index (κ3) is 14.5. The average molecular weight is 1190 g/mol. The van der Waals surface area contributed by atoms with E-state index in [1.165, 1.54) is 121 Å². The first-order chi connectivity index (χ1) is 40.1. The van der Waals surface area contributed by atoms with Crippen LogP contribution in [0.25, 0.3) is 64.0 Å². The van der Waals surface area contributed by atoms with Crippen molar-refractivity contribution in [1.82, 2.24) is 0 Å². The van der Waals surface area contributed by atoms with Crippen LogP contribution in [0.2, 0.25) is 0 Å². The SMILES string of the molecule is C.CC(C)(C)c1ccc2c(c1)-c1cc(C(C)(C)C)ccc1C2=O.CC(C)(C)c1ccc2c(c1)CCc1cc(C(C)(C)C)ccc1-2.CC(C)(C)c1ccc2c(c1)sc1cc(C(C)(C)C)ccc12.CC(C)(C)c1ccc2ccc3ccc(C(C)(C)C)cc3c2c1. The van der Waals surface area contributed by atoms with Gasteiger partial charge in [0.1, 0.15) is 0 Å². The van der Waals surface area contributed by atoms with Crippen LogP contribution in [0.5, 0.6) is 0 Å². The van der Waals surface area contributed by atoms with Gasteiger partial charge in [-0.2, -0.15) is 0 Å². The molecule has 0 fully saturated rings. The molecule has 0 saturated heterocycles. The van der Waals surface area contributed by atoms with Crippen molar-refractivity contribution in [2.45, 2.75) is 230 Å². The second kappa shape index (κ2) is 24.0. The maximum Gasteiger partial charge on any atom is 0.194 e. The molecule has 2 aliphatic carbocycles. The largest absolute Gasteiger partial charge is 0.289 e. The Balaban J connectivity index is 0.000000151. The molecule has 0 amide bonds. The van der Waals surface area contributed by atoms with Crippen LogP contribution in [-0.2, 0) is 56.2 Å². The fourth-order valence-corrected chi connectivity index (χ4v) is 13.2. The van der Waals surface area contributed by atoms with Gasteiger partial charge in [0, 0.05) is 31.3 Å². The number of benzene rings is 9. The van der Waals surface area contributed by atoms with E-state index < -0.39 is 0 Å². The Bertz CT molecular complexity index is 3950. The van der Waals surface area contributed by atoms with Crippen molar-refractivity contribution in [3.05, 3.63) is 224 Å². The molecule has 0 N–H and O–H groups in total. The van der Waals surface area contributed by atoms with Gasteiger partial charge in [0.05, 0.1) is 0 Å². The van der Waals surface area contributed by atoms with E-state index in [-0.39, 0.29) is 56.5 Å². The van der Waals surface area contributed by atoms with E-state index >= 15 is 0 Å². The zero-order valence-electron chi connectivity index (χ0n) is 57.7. The van der Waals surface area contributed by atoms with Crippen LogP contribution in [0.4, 0.5) is 0 Å². The standard InChI is InChI=1S/C22H28.C22H26.C21H24O.C20H24S.CH4/c1-21(2,3)17-9-11-19-15(13-17)7-8-16-14-18(22(4,5)6)10-12-20(16)19;1-21(2,3)17-11-9-15-7-8-16-10-12-18(22(4,5)6)14-20(16)19(15)13-17;1-20(2,3)13-7-9-15-17(11-13)18-12-14(21(4,5)6)8-10-16(18)19(15)22;1-19(2,3)13-7-9-15-16-10-8-14(20(4,5)6)12-18(16)21-17(15)11-13;/h9-14H,7-8H2,1-6H3;7-14H,1-6H3;7-12H,1-6H3;7-12H,1-6H3;1H4. The minimum Gasteiger partial charge on any atom is -0.289 e. The number of fused-ring (bicyclic) bond motifs is 12. The van der Waals surface area contributed by atoms with Crippen LogP contribution < -0.4 is 0 Å². The lowest BCUT2D eigenvalue weighted by atomic mass is 9.78. The van der Waals surface area contributed by atoms with Gasteiger partial charge in [0.2, 0.25) is 0 Å². The van der Waals surface area contributed by atoms with E-state index in [0.29, 0.717) is 0 Å². The monoisotopic (exact) mass is 1190 g/mol. The number of hydrogen-bond donors (Lipinski definition) is 0. The van der Waals surface area contributed by atoms with Gasteiger partial charge in [-0.05, 0) is 180 Å². The number of ketones is 1. The average Bonchev–Trinajstić information content (AvgIpc) is 1.45. The van der Waals surface area contributed by atoms with Gasteiger partial charge in [-0.1, -0.05) is 307 Å². The Kier molecular flexibility index (Phi) is 18.3. The molecule has 0 bridgehead atoms. The molecule has 0 saturated carbocycles. The summed E-state index contributed by atoms with van der Waals surface area (Å²) in [6, 6.07) is 58.9. The van der Waals surface area contributed by atoms with E-state index in [4.69, 9.17) is 0 Å². The van der Waals surface area contributed by atoms with Gasteiger partial charge < -0.3 is 0 Å². The lowest BCUT2D eigenvalue weighted by molar-refractivity contribution is 0.104. The van der Waals surface area contributed by atoms with Crippen molar-refractivity contribution in [2.75, 3.05) is 0 Å². The zero-order valence-corrected chi connectivity index (χ0v) is 58.6. The molecule has 0 aliphatic heterocycles. The van der Waals surface area contributed by atoms with Crippen molar-refractivity contribution >= 4 is 58.8 Å². The summed E-state index contributed by atoms with van der Waals surface area (Å²) in [5.74, 6) is 0.158. The highest BCUT2D eigenvalue weighted by Crippen LogP contribution is 2.44. The van der Waals surface area contributed by atoms with E-state index in [9.17, 15) is 4.79 Å². The molecule has 1 nitrogen and oxygen atoms in total. The smallest absolute Gasteiger partial charge is 0.194 e. The Morgan fingerprint density at radius 1 is 0.250 bits per heavy atom. The summed E-state index contributed by atoms with van der Waals surface area (Å²) in [6.45, 7) is 54.3. The summed E-state index contributed by atoms with van der Waals surface area (Å²) in [5, 5.41) is 8.18. The molecule has 1 aromatic heterocycles. The van der Waals surface area contributed by atoms with Gasteiger partial charge in [0.15, 0.2) is 5.78 Å². The summed E-state index contributed by atoms with van der Waals surface area (Å²) in [7, 11) is 0. The lowest BCUT2D eigenvalue weighted by Gasteiger charge is -2.27. The molecular formula is C86H106OS. The highest BCUT2D eigenvalue weighted by atomic mass is 32.1. The van der Waals surface area contributed by atoms with Gasteiger partial charge in [-0.3, -0.25) is 4.79 Å². The fourth-order valence-electron chi connectivity index (χ4n) is 12.0. The van der Waals surface area contributed by atoms with E-state index in [1.54, 1.807) is 0 Å². The van der Waals surface area contributed by atoms with Crippen LogP contribution in [0.1, 0.15) is 245 Å². The molecule has 10 aromatic rings. The number of rotatable bonds is 0. The first-order valence-corrected chi connectivity index (χ1v) is 33.0. The molecule has 2 aliphatic rings. The fraction of sp³-hybridized carbons (Fsp3) is 0.407. The normalized spacial score (nSPS) is 13.5. The third-order valence-electron chi connectivity index (χ3n) is 18.2. The van der Waals surface area contributed by atoms with Crippen LogP contribution in [-0.4, -0.2) is 5.78 Å². The van der Waals surface area contributed by atoms with Crippen LogP contribution in [0.15, 0.2) is 158 Å². The summed E-state index contributed by atoms with van der Waals surface area (Å²) in [5.41, 5.74) is 22.2. The second-order valence-corrected chi connectivity index (χ2v) is 34.6. The van der Waals surface area contributed by atoms with Gasteiger partial charge in [0.25, 0.3) is 0 Å². The molecule has 0 atom stereocenters. The Morgan fingerprint density at radius 3 is 0.795 bits per heavy atom. The highest BCUT2D eigenvalue weighted by molar-refractivity contribution is 7.25. The Morgan fingerprint density at radius 2 is 0.489 bits per heavy atom. The Hall–Kier alpha value is -6.61. The zero-order chi connectivity index (χ0) is 63.9. The molecule has 0 unspecified atom stereocenters. The topological polar surface area (TPSA) is 17.1 Å². The van der Waals surface area contributed by atoms with Crippen molar-refractivity contribution in [3.63, 3.8) is 0 Å². The minimum absolute atomic E-state index is 0. The van der Waals surface area contributed by atoms with Crippen molar-refractivity contribution in [3.8, 4) is 22.3 Å². The summed E-state index contributed by atoms with van der Waals surface area (Å²) in [6.07, 6.45) is 2.33. The molecular weight excluding hydrogens is 1080 g/mol. The molecule has 88 heavy (non-hydrogen) atoms. The van der Waals surface area contributed by atoms with Crippen LogP contribution in [0.3, 0.4) is 0 Å². The van der Waals surface area contributed by atoms with Gasteiger partial charge in [-0.25, -0.2) is 0 Å². The molecule has 0 spiro atoms. The first kappa shape index (κ1) is 67.3.